The van der Waals surface area contributed by atoms with Crippen molar-refractivity contribution in [3.05, 3.63) is 42.0 Å². The molecule has 2 aliphatic carbocycles. The largest absolute Gasteiger partial charge is 0.314 e. The lowest BCUT2D eigenvalue weighted by Gasteiger charge is -2.38. The highest BCUT2D eigenvalue weighted by atomic mass is 16.1. The van der Waals surface area contributed by atoms with Crippen molar-refractivity contribution >= 4 is 22.9 Å². The van der Waals surface area contributed by atoms with E-state index in [1.54, 1.807) is 0 Å². The Labute approximate surface area is 155 Å². The zero-order chi connectivity index (χ0) is 18.3. The van der Waals surface area contributed by atoms with E-state index in [2.05, 4.69) is 19.9 Å². The van der Waals surface area contributed by atoms with Crippen molar-refractivity contribution in [2.45, 2.75) is 39.5 Å². The molecule has 2 aliphatic rings. The average Bonchev–Trinajstić information content (AvgIpc) is 3.23. The lowest BCUT2D eigenvalue weighted by molar-refractivity contribution is -0.107. The second-order valence-corrected chi connectivity index (χ2v) is 8.22. The molecule has 0 aliphatic heterocycles. The second-order valence-electron chi connectivity index (χ2n) is 8.22. The molecule has 0 radical (unpaired) electrons. The van der Waals surface area contributed by atoms with Crippen LogP contribution in [0.15, 0.2) is 36.4 Å². The van der Waals surface area contributed by atoms with Gasteiger partial charge in [0.15, 0.2) is 0 Å². The van der Waals surface area contributed by atoms with Crippen LogP contribution in [0.3, 0.4) is 0 Å². The molecule has 4 rings (SSSR count). The molecule has 4 unspecified atom stereocenters. The van der Waals surface area contributed by atoms with Crippen LogP contribution < -0.4 is 4.90 Å². The molecule has 2 bridgehead atoms. The fourth-order valence-electron chi connectivity index (χ4n) is 5.85. The first-order chi connectivity index (χ1) is 12.6. The Morgan fingerprint density at radius 3 is 2.69 bits per heavy atom. The van der Waals surface area contributed by atoms with E-state index in [-0.39, 0.29) is 0 Å². The molecule has 0 N–H and O–H groups in total. The summed E-state index contributed by atoms with van der Waals surface area (Å²) in [4.78, 5) is 13.9. The summed E-state index contributed by atoms with van der Waals surface area (Å²) in [7, 11) is 0. The molecule has 2 aromatic rings. The third-order valence-corrected chi connectivity index (χ3v) is 7.47. The number of benzene rings is 2. The van der Waals surface area contributed by atoms with Crippen LogP contribution in [-0.2, 0) is 4.79 Å². The summed E-state index contributed by atoms with van der Waals surface area (Å²) in [5, 5.41) is 11.3. The third-order valence-electron chi connectivity index (χ3n) is 7.47. The topological polar surface area (TPSA) is 44.1 Å². The number of nitrogens with zero attached hydrogens (tertiary/aromatic N) is 2. The summed E-state index contributed by atoms with van der Waals surface area (Å²) in [5.41, 5.74) is 2.08. The van der Waals surface area contributed by atoms with Gasteiger partial charge in [-0.05, 0) is 54.6 Å². The van der Waals surface area contributed by atoms with E-state index in [1.807, 2.05) is 41.3 Å². The number of rotatable bonds is 5. The Morgan fingerprint density at radius 2 is 2.04 bits per heavy atom. The molecular formula is C23H26N2O. The third kappa shape index (κ3) is 2.43. The van der Waals surface area contributed by atoms with Crippen molar-refractivity contribution in [2.24, 2.45) is 23.2 Å². The second kappa shape index (κ2) is 6.43. The smallest absolute Gasteiger partial charge is 0.214 e. The maximum atomic E-state index is 12.0. The van der Waals surface area contributed by atoms with Crippen molar-refractivity contribution in [2.75, 3.05) is 11.4 Å². The molecule has 4 atom stereocenters. The number of carbonyl (C=O) groups excluding carboxylic acids is 1. The molecule has 2 aromatic carbocycles. The normalized spacial score (nSPS) is 29.7. The average molecular weight is 346 g/mol. The highest BCUT2D eigenvalue weighted by Crippen LogP contribution is 2.62. The molecule has 0 spiro atoms. The van der Waals surface area contributed by atoms with Crippen molar-refractivity contribution in [3.8, 4) is 6.07 Å². The number of fused-ring (bicyclic) bond motifs is 3. The van der Waals surface area contributed by atoms with Crippen LogP contribution in [0.5, 0.6) is 0 Å². The minimum absolute atomic E-state index is 0.497. The van der Waals surface area contributed by atoms with Gasteiger partial charge in [0, 0.05) is 17.3 Å². The molecule has 1 amide bonds. The van der Waals surface area contributed by atoms with E-state index in [0.29, 0.717) is 22.8 Å². The quantitative estimate of drug-likeness (QED) is 0.704. The van der Waals surface area contributed by atoms with Gasteiger partial charge in [-0.25, -0.2) is 0 Å². The SMILES string of the molecule is CCC12CCC(C1)C(CN(C=O)c1ccc(C#N)c3ccccc13)C2C. The number of nitriles is 1. The highest BCUT2D eigenvalue weighted by molar-refractivity contribution is 6.01. The Bertz CT molecular complexity index is 883. The van der Waals surface area contributed by atoms with Crippen LogP contribution in [0.25, 0.3) is 10.8 Å². The first kappa shape index (κ1) is 17.1. The van der Waals surface area contributed by atoms with Gasteiger partial charge in [-0.2, -0.15) is 5.26 Å². The molecule has 3 nitrogen and oxygen atoms in total. The van der Waals surface area contributed by atoms with Crippen molar-refractivity contribution < 1.29 is 4.79 Å². The molecule has 0 aromatic heterocycles. The monoisotopic (exact) mass is 346 g/mol. The number of hydrogen-bond donors (Lipinski definition) is 0. The first-order valence-electron chi connectivity index (χ1n) is 9.77. The molecule has 0 saturated heterocycles. The fraction of sp³-hybridized carbons (Fsp3) is 0.478. The van der Waals surface area contributed by atoms with E-state index in [9.17, 15) is 10.1 Å². The van der Waals surface area contributed by atoms with E-state index in [1.165, 1.54) is 25.7 Å². The number of hydrogen-bond acceptors (Lipinski definition) is 2. The predicted octanol–water partition coefficient (Wildman–Crippen LogP) is 5.14. The lowest BCUT2D eigenvalue weighted by Crippen LogP contribution is -2.37. The molecule has 3 heteroatoms. The van der Waals surface area contributed by atoms with Crippen LogP contribution in [0, 0.1) is 34.5 Å². The molecule has 134 valence electrons. The molecule has 0 heterocycles. The van der Waals surface area contributed by atoms with E-state index < -0.39 is 0 Å². The summed E-state index contributed by atoms with van der Waals surface area (Å²) in [6.07, 6.45) is 6.22. The molecule has 2 fully saturated rings. The van der Waals surface area contributed by atoms with Gasteiger partial charge in [-0.3, -0.25) is 4.79 Å². The standard InChI is InChI=1S/C23H26N2O/c1-3-23-11-10-17(12-23)21(16(23)2)14-25(15-26)22-9-8-18(13-24)19-6-4-5-7-20(19)22/h4-9,15-17,21H,3,10-12,14H2,1-2H3. The number of anilines is 1. The van der Waals surface area contributed by atoms with Gasteiger partial charge in [0.2, 0.25) is 6.41 Å². The van der Waals surface area contributed by atoms with Crippen LogP contribution in [0.2, 0.25) is 0 Å². The van der Waals surface area contributed by atoms with Crippen molar-refractivity contribution in [1.82, 2.24) is 0 Å². The number of carbonyl (C=O) groups is 1. The van der Waals surface area contributed by atoms with E-state index in [4.69, 9.17) is 0 Å². The van der Waals surface area contributed by atoms with Crippen LogP contribution >= 0.6 is 0 Å². The van der Waals surface area contributed by atoms with Gasteiger partial charge < -0.3 is 4.90 Å². The van der Waals surface area contributed by atoms with Gasteiger partial charge in [0.05, 0.1) is 17.3 Å². The van der Waals surface area contributed by atoms with Crippen molar-refractivity contribution in [1.29, 1.82) is 5.26 Å². The van der Waals surface area contributed by atoms with Crippen LogP contribution in [0.1, 0.15) is 45.1 Å². The van der Waals surface area contributed by atoms with Crippen molar-refractivity contribution in [3.63, 3.8) is 0 Å². The Morgan fingerprint density at radius 1 is 1.27 bits per heavy atom. The minimum atomic E-state index is 0.497. The molecular weight excluding hydrogens is 320 g/mol. The fourth-order valence-corrected chi connectivity index (χ4v) is 5.85. The maximum absolute atomic E-state index is 12.0. The lowest BCUT2D eigenvalue weighted by atomic mass is 9.70. The predicted molar refractivity (Wildman–Crippen MR) is 105 cm³/mol. The van der Waals surface area contributed by atoms with E-state index in [0.717, 1.165) is 35.3 Å². The summed E-state index contributed by atoms with van der Waals surface area (Å²) < 4.78 is 0. The zero-order valence-corrected chi connectivity index (χ0v) is 15.6. The summed E-state index contributed by atoms with van der Waals surface area (Å²) in [6.45, 7) is 5.51. The van der Waals surface area contributed by atoms with E-state index >= 15 is 0 Å². The number of amides is 1. The minimum Gasteiger partial charge on any atom is -0.314 e. The summed E-state index contributed by atoms with van der Waals surface area (Å²) in [5.74, 6) is 1.98. The van der Waals surface area contributed by atoms with Gasteiger partial charge in [-0.15, -0.1) is 0 Å². The van der Waals surface area contributed by atoms with Gasteiger partial charge in [0.1, 0.15) is 0 Å². The van der Waals surface area contributed by atoms with Crippen LogP contribution in [0.4, 0.5) is 5.69 Å². The summed E-state index contributed by atoms with van der Waals surface area (Å²) >= 11 is 0. The van der Waals surface area contributed by atoms with Gasteiger partial charge in [-0.1, -0.05) is 44.5 Å². The van der Waals surface area contributed by atoms with Gasteiger partial charge in [0.25, 0.3) is 0 Å². The van der Waals surface area contributed by atoms with Crippen LogP contribution in [-0.4, -0.2) is 13.0 Å². The molecule has 26 heavy (non-hydrogen) atoms. The summed E-state index contributed by atoms with van der Waals surface area (Å²) in [6, 6.07) is 13.9. The van der Waals surface area contributed by atoms with Gasteiger partial charge >= 0.3 is 0 Å². The zero-order valence-electron chi connectivity index (χ0n) is 15.6. The first-order valence-corrected chi connectivity index (χ1v) is 9.77. The molecule has 2 saturated carbocycles. The Kier molecular flexibility index (Phi) is 4.23. The maximum Gasteiger partial charge on any atom is 0.214 e. The Hall–Kier alpha value is -2.34. The highest BCUT2D eigenvalue weighted by Gasteiger charge is 2.54. The Balaban J connectivity index is 1.69.